The van der Waals surface area contributed by atoms with Crippen molar-refractivity contribution < 1.29 is 24.2 Å². The lowest BCUT2D eigenvalue weighted by Gasteiger charge is -2.28. The van der Waals surface area contributed by atoms with E-state index >= 15 is 0 Å². The van der Waals surface area contributed by atoms with Gasteiger partial charge in [0, 0.05) is 11.5 Å². The van der Waals surface area contributed by atoms with Gasteiger partial charge < -0.3 is 20.5 Å². The van der Waals surface area contributed by atoms with E-state index in [2.05, 4.69) is 10.6 Å². The van der Waals surface area contributed by atoms with E-state index in [0.717, 1.165) is 47.9 Å². The number of hydrogen-bond acceptors (Lipinski definition) is 4. The highest BCUT2D eigenvalue weighted by Gasteiger charge is 2.34. The highest BCUT2D eigenvalue weighted by Crippen LogP contribution is 2.44. The molecule has 7 heteroatoms. The third-order valence-corrected chi connectivity index (χ3v) is 6.46. The quantitative estimate of drug-likeness (QED) is 0.612. The number of nitrogens with one attached hydrogen (secondary N) is 2. The molecule has 7 nitrogen and oxygen atoms in total. The van der Waals surface area contributed by atoms with E-state index < -0.39 is 30.4 Å². The molecule has 0 aromatic heterocycles. The molecule has 0 bridgehead atoms. The average Bonchev–Trinajstić information content (AvgIpc) is 3.33. The van der Waals surface area contributed by atoms with Crippen molar-refractivity contribution in [1.82, 2.24) is 10.6 Å². The number of carboxylic acid groups (broad SMARTS) is 1. The van der Waals surface area contributed by atoms with Gasteiger partial charge in [0.05, 0.1) is 6.42 Å². The van der Waals surface area contributed by atoms with Crippen LogP contribution in [0, 0.1) is 0 Å². The van der Waals surface area contributed by atoms with E-state index in [9.17, 15) is 19.5 Å². The summed E-state index contributed by atoms with van der Waals surface area (Å²) in [6, 6.07) is 14.8. The molecule has 1 unspecified atom stereocenters. The number of carboxylic acids is 1. The van der Waals surface area contributed by atoms with E-state index in [0.29, 0.717) is 0 Å². The first-order chi connectivity index (χ1) is 15.4. The molecule has 0 heterocycles. The van der Waals surface area contributed by atoms with Crippen LogP contribution < -0.4 is 10.6 Å². The normalized spacial score (nSPS) is 17.2. The van der Waals surface area contributed by atoms with Gasteiger partial charge in [-0.3, -0.25) is 9.59 Å². The molecule has 1 atom stereocenters. The number of ether oxygens (including phenoxy) is 1. The zero-order valence-electron chi connectivity index (χ0n) is 18.1. The molecule has 0 radical (unpaired) electrons. The van der Waals surface area contributed by atoms with E-state index in [1.54, 1.807) is 0 Å². The summed E-state index contributed by atoms with van der Waals surface area (Å²) in [6.45, 7) is 2.04. The van der Waals surface area contributed by atoms with Crippen LogP contribution in [0.15, 0.2) is 48.5 Å². The topological polar surface area (TPSA) is 105 Å². The predicted octanol–water partition coefficient (Wildman–Crippen LogP) is 3.82. The molecular weight excluding hydrogens is 408 g/mol. The number of amides is 2. The number of hydrogen-bond donors (Lipinski definition) is 3. The van der Waals surface area contributed by atoms with Gasteiger partial charge in [0.2, 0.25) is 5.91 Å². The fourth-order valence-electron chi connectivity index (χ4n) is 4.83. The van der Waals surface area contributed by atoms with Crippen LogP contribution in [0.25, 0.3) is 11.1 Å². The van der Waals surface area contributed by atoms with E-state index in [1.165, 1.54) is 0 Å². The number of carbonyl (C=O) groups excluding carboxylic acids is 2. The number of alkyl carbamates (subject to hydrolysis) is 1. The summed E-state index contributed by atoms with van der Waals surface area (Å²) in [7, 11) is 0. The first-order valence-electron chi connectivity index (χ1n) is 11.0. The lowest BCUT2D eigenvalue weighted by atomic mass is 9.98. The van der Waals surface area contributed by atoms with Gasteiger partial charge in [0.15, 0.2) is 0 Å². The van der Waals surface area contributed by atoms with Crippen molar-refractivity contribution in [3.63, 3.8) is 0 Å². The minimum atomic E-state index is -1.19. The Morgan fingerprint density at radius 2 is 1.59 bits per heavy atom. The largest absolute Gasteiger partial charge is 0.481 e. The summed E-state index contributed by atoms with van der Waals surface area (Å²) in [4.78, 5) is 36.5. The highest BCUT2D eigenvalue weighted by molar-refractivity contribution is 5.89. The maximum atomic E-state index is 12.7. The first-order valence-corrected chi connectivity index (χ1v) is 11.0. The molecular formula is C25H28N2O5. The Bertz CT molecular complexity index is 983. The zero-order chi connectivity index (χ0) is 22.7. The van der Waals surface area contributed by atoms with Gasteiger partial charge in [-0.25, -0.2) is 4.79 Å². The molecule has 1 fully saturated rings. The molecule has 32 heavy (non-hydrogen) atoms. The molecule has 1 saturated carbocycles. The van der Waals surface area contributed by atoms with Crippen LogP contribution in [-0.2, 0) is 14.3 Å². The summed E-state index contributed by atoms with van der Waals surface area (Å²) < 4.78 is 5.47. The van der Waals surface area contributed by atoms with Crippen molar-refractivity contribution in [1.29, 1.82) is 0 Å². The van der Waals surface area contributed by atoms with Gasteiger partial charge in [-0.05, 0) is 42.0 Å². The summed E-state index contributed by atoms with van der Waals surface area (Å²) >= 11 is 0. The zero-order valence-corrected chi connectivity index (χ0v) is 18.1. The maximum Gasteiger partial charge on any atom is 0.407 e. The predicted molar refractivity (Wildman–Crippen MR) is 119 cm³/mol. The summed E-state index contributed by atoms with van der Waals surface area (Å²) in [6.07, 6.45) is 2.39. The van der Waals surface area contributed by atoms with Crippen molar-refractivity contribution in [2.75, 3.05) is 6.61 Å². The van der Waals surface area contributed by atoms with Crippen LogP contribution in [0.5, 0.6) is 0 Å². The molecule has 2 aliphatic rings. The van der Waals surface area contributed by atoms with Gasteiger partial charge in [-0.2, -0.15) is 0 Å². The van der Waals surface area contributed by atoms with Gasteiger partial charge in [-0.15, -0.1) is 0 Å². The maximum absolute atomic E-state index is 12.7. The van der Waals surface area contributed by atoms with Gasteiger partial charge >= 0.3 is 12.1 Å². The third kappa shape index (κ3) is 4.61. The highest BCUT2D eigenvalue weighted by atomic mass is 16.5. The fourth-order valence-corrected chi connectivity index (χ4v) is 4.83. The second-order valence-corrected chi connectivity index (χ2v) is 8.88. The van der Waals surface area contributed by atoms with Gasteiger partial charge in [0.1, 0.15) is 12.6 Å². The van der Waals surface area contributed by atoms with Gasteiger partial charge in [-0.1, -0.05) is 61.4 Å². The molecule has 2 amide bonds. The van der Waals surface area contributed by atoms with Crippen molar-refractivity contribution in [2.45, 2.75) is 56.5 Å². The number of rotatable bonds is 7. The molecule has 0 saturated heterocycles. The molecule has 3 N–H and O–H groups in total. The number of carbonyl (C=O) groups is 3. The first kappa shape index (κ1) is 21.9. The fraction of sp³-hybridized carbons (Fsp3) is 0.400. The Kier molecular flexibility index (Phi) is 6.17. The second kappa shape index (κ2) is 9.02. The Balaban J connectivity index is 1.41. The average molecular weight is 437 g/mol. The van der Waals surface area contributed by atoms with Crippen molar-refractivity contribution in [2.24, 2.45) is 0 Å². The van der Waals surface area contributed by atoms with Crippen molar-refractivity contribution in [3.8, 4) is 11.1 Å². The van der Waals surface area contributed by atoms with E-state index in [4.69, 9.17) is 4.74 Å². The standard InChI is InChI=1S/C25H28N2O5/c1-25(12-6-7-13-25)27-23(30)21(14-22(28)29)26-24(31)32-15-20-18-10-4-2-8-16(18)17-9-3-5-11-19(17)20/h2-5,8-11,20-21H,6-7,12-15H2,1H3,(H,26,31)(H,27,30)(H,28,29). The lowest BCUT2D eigenvalue weighted by molar-refractivity contribution is -0.140. The van der Waals surface area contributed by atoms with E-state index in [1.807, 2.05) is 55.5 Å². The van der Waals surface area contributed by atoms with Crippen LogP contribution in [0.3, 0.4) is 0 Å². The van der Waals surface area contributed by atoms with Crippen LogP contribution in [0.2, 0.25) is 0 Å². The van der Waals surface area contributed by atoms with Crippen LogP contribution in [-0.4, -0.2) is 41.3 Å². The smallest absolute Gasteiger partial charge is 0.407 e. The van der Waals surface area contributed by atoms with Crippen LogP contribution >= 0.6 is 0 Å². The number of aliphatic carboxylic acids is 1. The lowest BCUT2D eigenvalue weighted by Crippen LogP contribution is -2.54. The Labute approximate surface area is 187 Å². The van der Waals surface area contributed by atoms with Crippen molar-refractivity contribution in [3.05, 3.63) is 59.7 Å². The summed E-state index contributed by atoms with van der Waals surface area (Å²) in [5.41, 5.74) is 4.03. The Morgan fingerprint density at radius 1 is 1.03 bits per heavy atom. The monoisotopic (exact) mass is 436 g/mol. The molecule has 2 aliphatic carbocycles. The SMILES string of the molecule is CC1(NC(=O)C(CC(=O)O)NC(=O)OCC2c3ccccc3-c3ccccc32)CCCC1. The minimum Gasteiger partial charge on any atom is -0.481 e. The molecule has 0 aliphatic heterocycles. The Morgan fingerprint density at radius 3 is 2.16 bits per heavy atom. The third-order valence-electron chi connectivity index (χ3n) is 6.46. The molecule has 0 spiro atoms. The minimum absolute atomic E-state index is 0.0962. The van der Waals surface area contributed by atoms with Crippen LogP contribution in [0.4, 0.5) is 4.79 Å². The summed E-state index contributed by atoms with van der Waals surface area (Å²) in [5, 5.41) is 14.6. The number of benzene rings is 2. The second-order valence-electron chi connectivity index (χ2n) is 8.88. The van der Waals surface area contributed by atoms with Crippen LogP contribution in [0.1, 0.15) is 56.1 Å². The molecule has 4 rings (SSSR count). The molecule has 2 aromatic carbocycles. The summed E-state index contributed by atoms with van der Waals surface area (Å²) in [5.74, 6) is -1.77. The molecule has 2 aromatic rings. The van der Waals surface area contributed by atoms with E-state index in [-0.39, 0.29) is 18.1 Å². The molecule has 168 valence electrons. The Hall–Kier alpha value is -3.35. The number of fused-ring (bicyclic) bond motifs is 3. The van der Waals surface area contributed by atoms with Gasteiger partial charge in [0.25, 0.3) is 0 Å². The van der Waals surface area contributed by atoms with Crippen molar-refractivity contribution >= 4 is 18.0 Å².